The minimum atomic E-state index is -0.671. The number of hydrogen-bond acceptors (Lipinski definition) is 3. The van der Waals surface area contributed by atoms with E-state index in [1.54, 1.807) is 12.1 Å². The topological polar surface area (TPSA) is 49.9 Å². The van der Waals surface area contributed by atoms with Crippen LogP contribution in [0, 0.1) is 0 Å². The normalized spacial score (nSPS) is 13.5. The zero-order valence-corrected chi connectivity index (χ0v) is 9.14. The molecule has 2 amide bonds. The molecule has 0 unspecified atom stereocenters. The lowest BCUT2D eigenvalue weighted by molar-refractivity contribution is -0.146. The number of carbonyl (C=O) groups excluding carboxylic acids is 2. The van der Waals surface area contributed by atoms with Crippen LogP contribution in [0.15, 0.2) is 24.3 Å². The van der Waals surface area contributed by atoms with Gasteiger partial charge in [0.05, 0.1) is 5.69 Å². The van der Waals surface area contributed by atoms with E-state index in [0.717, 1.165) is 10.6 Å². The average molecular weight is 220 g/mol. The van der Waals surface area contributed by atoms with Crippen molar-refractivity contribution in [2.75, 3.05) is 19.2 Å². The quantitative estimate of drug-likeness (QED) is 0.600. The van der Waals surface area contributed by atoms with Gasteiger partial charge in [0, 0.05) is 19.7 Å². The summed E-state index contributed by atoms with van der Waals surface area (Å²) in [4.78, 5) is 29.7. The van der Waals surface area contributed by atoms with E-state index in [4.69, 9.17) is 4.84 Å². The molecule has 1 aromatic carbocycles. The number of rotatable bonds is 0. The number of para-hydroxylation sites is 1. The lowest BCUT2D eigenvalue weighted by atomic mass is 10.2. The van der Waals surface area contributed by atoms with Crippen LogP contribution in [-0.4, -0.2) is 30.8 Å². The van der Waals surface area contributed by atoms with Crippen molar-refractivity contribution in [1.29, 1.82) is 0 Å². The number of hydrogen-bond donors (Lipinski definition) is 0. The fraction of sp³-hybridized carbons (Fsp3) is 0.273. The van der Waals surface area contributed by atoms with Gasteiger partial charge in [-0.15, -0.1) is 0 Å². The maximum Gasteiger partial charge on any atom is 0.340 e. The molecule has 0 aliphatic carbocycles. The van der Waals surface area contributed by atoms with Crippen LogP contribution in [0.1, 0.15) is 5.56 Å². The number of likely N-dealkylation sites (N-methyl/N-ethyl adjacent to an activating group) is 1. The van der Waals surface area contributed by atoms with Gasteiger partial charge in [0.2, 0.25) is 0 Å². The van der Waals surface area contributed by atoms with Crippen molar-refractivity contribution in [3.8, 4) is 0 Å². The Hall–Kier alpha value is -1.88. The van der Waals surface area contributed by atoms with E-state index in [0.29, 0.717) is 12.3 Å². The van der Waals surface area contributed by atoms with Gasteiger partial charge in [-0.25, -0.2) is 0 Å². The number of fused-ring (bicyclic) bond motifs is 1. The fourth-order valence-corrected chi connectivity index (χ4v) is 1.48. The molecule has 5 nitrogen and oxygen atoms in total. The number of nitrogens with zero attached hydrogens (tertiary/aromatic N) is 2. The Labute approximate surface area is 93.2 Å². The Morgan fingerprint density at radius 3 is 2.69 bits per heavy atom. The van der Waals surface area contributed by atoms with Crippen molar-refractivity contribution in [2.45, 2.75) is 6.61 Å². The summed E-state index contributed by atoms with van der Waals surface area (Å²) >= 11 is 0. The van der Waals surface area contributed by atoms with E-state index in [1.165, 1.54) is 19.0 Å². The average Bonchev–Trinajstić information content (AvgIpc) is 2.70. The molecule has 1 heterocycles. The zero-order valence-electron chi connectivity index (χ0n) is 9.14. The number of anilines is 1. The molecule has 1 aromatic rings. The maximum absolute atomic E-state index is 11.8. The van der Waals surface area contributed by atoms with E-state index in [2.05, 4.69) is 0 Å². The van der Waals surface area contributed by atoms with Crippen molar-refractivity contribution in [2.24, 2.45) is 0 Å². The third kappa shape index (κ3) is 1.65. The third-order valence-corrected chi connectivity index (χ3v) is 2.33. The van der Waals surface area contributed by atoms with E-state index in [-0.39, 0.29) is 0 Å². The van der Waals surface area contributed by atoms with Crippen LogP contribution in [0.2, 0.25) is 0 Å². The second-order valence-corrected chi connectivity index (χ2v) is 3.70. The number of benzene rings is 1. The first-order valence-corrected chi connectivity index (χ1v) is 4.88. The molecule has 84 valence electrons. The Bertz CT molecular complexity index is 443. The van der Waals surface area contributed by atoms with E-state index in [9.17, 15) is 9.59 Å². The van der Waals surface area contributed by atoms with Crippen molar-refractivity contribution in [1.82, 2.24) is 4.90 Å². The van der Waals surface area contributed by atoms with Crippen LogP contribution in [0.25, 0.3) is 0 Å². The van der Waals surface area contributed by atoms with Gasteiger partial charge in [-0.05, 0) is 6.07 Å². The monoisotopic (exact) mass is 220 g/mol. The SMILES string of the molecule is CN(C)C(=O)C(=O)N1OCc2ccccc21. The summed E-state index contributed by atoms with van der Waals surface area (Å²) in [6.45, 7) is 0.322. The Morgan fingerprint density at radius 2 is 2.00 bits per heavy atom. The summed E-state index contributed by atoms with van der Waals surface area (Å²) in [5, 5.41) is 1.05. The Kier molecular flexibility index (Phi) is 2.62. The number of hydroxylamine groups is 1. The highest BCUT2D eigenvalue weighted by molar-refractivity contribution is 6.39. The summed E-state index contributed by atoms with van der Waals surface area (Å²) < 4.78 is 0. The number of carbonyl (C=O) groups is 2. The first-order chi connectivity index (χ1) is 7.61. The van der Waals surface area contributed by atoms with Gasteiger partial charge in [-0.2, -0.15) is 5.06 Å². The molecule has 2 rings (SSSR count). The molecule has 0 N–H and O–H groups in total. The van der Waals surface area contributed by atoms with Crippen LogP contribution < -0.4 is 5.06 Å². The molecular weight excluding hydrogens is 208 g/mol. The van der Waals surface area contributed by atoms with Crippen LogP contribution in [0.4, 0.5) is 5.69 Å². The smallest absolute Gasteiger partial charge is 0.340 e. The van der Waals surface area contributed by atoms with Crippen molar-refractivity contribution < 1.29 is 14.4 Å². The molecule has 0 spiro atoms. The standard InChI is InChI=1S/C11H12N2O3/c1-12(2)10(14)11(15)13-9-6-4-3-5-8(9)7-16-13/h3-6H,7H2,1-2H3. The fourth-order valence-electron chi connectivity index (χ4n) is 1.48. The molecule has 0 radical (unpaired) electrons. The molecule has 0 aromatic heterocycles. The number of amides is 2. The van der Waals surface area contributed by atoms with Gasteiger partial charge in [-0.3, -0.25) is 14.4 Å². The predicted octanol–water partition coefficient (Wildman–Crippen LogP) is 0.553. The summed E-state index contributed by atoms with van der Waals surface area (Å²) in [6.07, 6.45) is 0. The highest BCUT2D eigenvalue weighted by Gasteiger charge is 2.31. The molecule has 0 bridgehead atoms. The second-order valence-electron chi connectivity index (χ2n) is 3.70. The van der Waals surface area contributed by atoms with E-state index in [1.807, 2.05) is 12.1 Å². The van der Waals surface area contributed by atoms with Crippen LogP contribution in [-0.2, 0) is 21.0 Å². The summed E-state index contributed by atoms with van der Waals surface area (Å²) in [6, 6.07) is 7.28. The van der Waals surface area contributed by atoms with Gasteiger partial charge in [0.25, 0.3) is 0 Å². The Balaban J connectivity index is 2.26. The van der Waals surface area contributed by atoms with Crippen LogP contribution in [0.5, 0.6) is 0 Å². The van der Waals surface area contributed by atoms with Crippen LogP contribution in [0.3, 0.4) is 0 Å². The largest absolute Gasteiger partial charge is 0.340 e. The van der Waals surface area contributed by atoms with Gasteiger partial charge >= 0.3 is 11.8 Å². The predicted molar refractivity (Wildman–Crippen MR) is 57.4 cm³/mol. The van der Waals surface area contributed by atoms with Gasteiger partial charge in [0.1, 0.15) is 6.61 Å². The maximum atomic E-state index is 11.8. The van der Waals surface area contributed by atoms with Gasteiger partial charge in [0.15, 0.2) is 0 Å². The van der Waals surface area contributed by atoms with Crippen molar-refractivity contribution in [3.05, 3.63) is 29.8 Å². The first kappa shape index (κ1) is 10.6. The van der Waals surface area contributed by atoms with Gasteiger partial charge in [-0.1, -0.05) is 18.2 Å². The molecule has 0 saturated carbocycles. The third-order valence-electron chi connectivity index (χ3n) is 2.33. The molecule has 0 atom stereocenters. The summed E-state index contributed by atoms with van der Waals surface area (Å²) in [7, 11) is 3.06. The second kappa shape index (κ2) is 3.94. The zero-order chi connectivity index (χ0) is 11.7. The lowest BCUT2D eigenvalue weighted by Gasteiger charge is -2.17. The Morgan fingerprint density at radius 1 is 1.31 bits per heavy atom. The lowest BCUT2D eigenvalue weighted by Crippen LogP contribution is -2.40. The molecule has 0 saturated heterocycles. The highest BCUT2D eigenvalue weighted by atomic mass is 16.7. The van der Waals surface area contributed by atoms with E-state index >= 15 is 0 Å². The molecular formula is C11H12N2O3. The molecule has 1 aliphatic heterocycles. The molecule has 1 aliphatic rings. The van der Waals surface area contributed by atoms with Crippen molar-refractivity contribution in [3.63, 3.8) is 0 Å². The molecule has 5 heteroatoms. The summed E-state index contributed by atoms with van der Waals surface area (Å²) in [5.74, 6) is -1.27. The van der Waals surface area contributed by atoms with E-state index < -0.39 is 11.8 Å². The van der Waals surface area contributed by atoms with Crippen LogP contribution >= 0.6 is 0 Å². The van der Waals surface area contributed by atoms with Gasteiger partial charge < -0.3 is 4.90 Å². The first-order valence-electron chi connectivity index (χ1n) is 4.88. The minimum absolute atomic E-state index is 0.322. The molecule has 16 heavy (non-hydrogen) atoms. The molecule has 0 fully saturated rings. The summed E-state index contributed by atoms with van der Waals surface area (Å²) in [5.41, 5.74) is 1.55. The minimum Gasteiger partial charge on any atom is -0.340 e. The van der Waals surface area contributed by atoms with Crippen molar-refractivity contribution >= 4 is 17.5 Å². The highest BCUT2D eigenvalue weighted by Crippen LogP contribution is 2.28.